The highest BCUT2D eigenvalue weighted by molar-refractivity contribution is 5.91. The third kappa shape index (κ3) is 3.54. The van der Waals surface area contributed by atoms with Crippen LogP contribution in [-0.2, 0) is 11.2 Å². The molecule has 0 unspecified atom stereocenters. The van der Waals surface area contributed by atoms with Crippen LogP contribution in [0.1, 0.15) is 12.0 Å². The molecule has 0 aromatic heterocycles. The van der Waals surface area contributed by atoms with Crippen molar-refractivity contribution >= 4 is 10.8 Å². The Hall–Kier alpha value is -1.74. The molecular weight excluding hydrogens is 350 g/mol. The monoisotopic (exact) mass is 375 g/mol. The van der Waals surface area contributed by atoms with E-state index in [4.69, 9.17) is 9.47 Å². The second kappa shape index (κ2) is 7.71. The van der Waals surface area contributed by atoms with Gasteiger partial charge in [-0.05, 0) is 36.4 Å². The molecule has 0 amide bonds. The summed E-state index contributed by atoms with van der Waals surface area (Å²) in [6.07, 6.45) is -4.49. The molecule has 2 aromatic carbocycles. The molecule has 6 atom stereocenters. The molecule has 7 nitrogen and oxygen atoms in total. The molecule has 27 heavy (non-hydrogen) atoms. The van der Waals surface area contributed by atoms with Crippen LogP contribution in [0.15, 0.2) is 36.4 Å². The van der Waals surface area contributed by atoms with Gasteiger partial charge in [-0.2, -0.15) is 0 Å². The summed E-state index contributed by atoms with van der Waals surface area (Å²) in [6, 6.07) is 12.1. The van der Waals surface area contributed by atoms with Crippen molar-refractivity contribution in [3.05, 3.63) is 42.0 Å². The van der Waals surface area contributed by atoms with Gasteiger partial charge in [-0.3, -0.25) is 0 Å². The van der Waals surface area contributed by atoms with Gasteiger partial charge in [-0.1, -0.05) is 30.3 Å². The van der Waals surface area contributed by atoms with Gasteiger partial charge in [0.1, 0.15) is 30.2 Å². The van der Waals surface area contributed by atoms with Crippen molar-refractivity contribution in [2.24, 2.45) is 0 Å². The van der Waals surface area contributed by atoms with Gasteiger partial charge in [0.2, 0.25) is 6.29 Å². The smallest absolute Gasteiger partial charge is 0.229 e. The fourth-order valence-electron chi connectivity index (χ4n) is 3.73. The van der Waals surface area contributed by atoms with Crippen molar-refractivity contribution in [1.29, 1.82) is 0 Å². The Morgan fingerprint density at radius 3 is 2.44 bits per heavy atom. The minimum atomic E-state index is -1.46. The summed E-state index contributed by atoms with van der Waals surface area (Å²) in [5.74, 6) is 0.534. The second-order valence-electron chi connectivity index (χ2n) is 7.23. The number of rotatable bonds is 5. The summed E-state index contributed by atoms with van der Waals surface area (Å²) in [6.45, 7) is 0.544. The highest BCUT2D eigenvalue weighted by Gasteiger charge is 2.44. The number of aliphatic hydroxyl groups is 4. The van der Waals surface area contributed by atoms with E-state index in [1.165, 1.54) is 0 Å². The molecule has 0 saturated carbocycles. The van der Waals surface area contributed by atoms with Crippen molar-refractivity contribution in [2.45, 2.75) is 49.6 Å². The van der Waals surface area contributed by atoms with E-state index >= 15 is 0 Å². The van der Waals surface area contributed by atoms with E-state index in [-0.39, 0.29) is 0 Å². The van der Waals surface area contributed by atoms with Gasteiger partial charge >= 0.3 is 0 Å². The molecule has 5 N–H and O–H groups in total. The lowest BCUT2D eigenvalue weighted by Gasteiger charge is -2.39. The molecule has 2 aromatic rings. The molecule has 0 aliphatic carbocycles. The Bertz CT molecular complexity index is 788. The van der Waals surface area contributed by atoms with E-state index in [9.17, 15) is 20.4 Å². The van der Waals surface area contributed by atoms with Crippen LogP contribution in [0.4, 0.5) is 0 Å². The first-order chi connectivity index (χ1) is 13.1. The predicted octanol–water partition coefficient (Wildman–Crippen LogP) is -0.0771. The zero-order chi connectivity index (χ0) is 19.0. The third-order valence-corrected chi connectivity index (χ3v) is 5.44. The highest BCUT2D eigenvalue weighted by Crippen LogP contribution is 2.33. The van der Waals surface area contributed by atoms with E-state index in [2.05, 4.69) is 11.4 Å². The van der Waals surface area contributed by atoms with Crippen molar-refractivity contribution in [1.82, 2.24) is 5.32 Å². The fraction of sp³-hybridized carbons (Fsp3) is 0.500. The minimum absolute atomic E-state index is 0.441. The number of nitrogens with one attached hydrogen (secondary N) is 1. The van der Waals surface area contributed by atoms with E-state index < -0.39 is 37.3 Å². The van der Waals surface area contributed by atoms with E-state index in [0.717, 1.165) is 35.7 Å². The van der Waals surface area contributed by atoms with Crippen LogP contribution >= 0.6 is 0 Å². The Balaban J connectivity index is 1.65. The number of hydrogen-bond acceptors (Lipinski definition) is 7. The van der Waals surface area contributed by atoms with Crippen LogP contribution in [0.2, 0.25) is 0 Å². The van der Waals surface area contributed by atoms with Gasteiger partial charge in [-0.15, -0.1) is 0 Å². The maximum atomic E-state index is 10.3. The first-order valence-electron chi connectivity index (χ1n) is 9.29. The SMILES string of the molecule is OC[C@H]1O[C@@H](Oc2cccc3cccc(C[C@@H]4CCN4)c23)[C@H](O)[C@H](O)[C@@H]1O. The number of benzene rings is 2. The molecule has 0 radical (unpaired) electrons. The van der Waals surface area contributed by atoms with Gasteiger partial charge in [0.15, 0.2) is 0 Å². The van der Waals surface area contributed by atoms with E-state index in [1.807, 2.05) is 24.3 Å². The van der Waals surface area contributed by atoms with E-state index in [1.54, 1.807) is 6.07 Å². The molecule has 2 aliphatic heterocycles. The van der Waals surface area contributed by atoms with Crippen LogP contribution in [0.5, 0.6) is 5.75 Å². The second-order valence-corrected chi connectivity index (χ2v) is 7.23. The molecule has 2 heterocycles. The van der Waals surface area contributed by atoms with Gasteiger partial charge in [0, 0.05) is 11.4 Å². The van der Waals surface area contributed by atoms with Crippen molar-refractivity contribution < 1.29 is 29.9 Å². The quantitative estimate of drug-likeness (QED) is 0.497. The Morgan fingerprint density at radius 1 is 1.04 bits per heavy atom. The van der Waals surface area contributed by atoms with Crippen LogP contribution in [0.25, 0.3) is 10.8 Å². The van der Waals surface area contributed by atoms with Crippen LogP contribution in [0.3, 0.4) is 0 Å². The van der Waals surface area contributed by atoms with Gasteiger partial charge in [0.05, 0.1) is 6.61 Å². The maximum absolute atomic E-state index is 10.3. The van der Waals surface area contributed by atoms with Gasteiger partial charge < -0.3 is 35.2 Å². The first kappa shape index (κ1) is 18.6. The number of fused-ring (bicyclic) bond motifs is 1. The molecule has 146 valence electrons. The zero-order valence-electron chi connectivity index (χ0n) is 14.9. The summed E-state index contributed by atoms with van der Waals surface area (Å²) in [7, 11) is 0. The normalized spacial score (nSPS) is 33.6. The maximum Gasteiger partial charge on any atom is 0.229 e. The lowest BCUT2D eigenvalue weighted by atomic mass is 9.94. The van der Waals surface area contributed by atoms with Crippen molar-refractivity contribution in [3.63, 3.8) is 0 Å². The summed E-state index contributed by atoms with van der Waals surface area (Å²) in [4.78, 5) is 0. The zero-order valence-corrected chi connectivity index (χ0v) is 14.9. The molecule has 7 heteroatoms. The molecule has 2 saturated heterocycles. The van der Waals surface area contributed by atoms with Gasteiger partial charge in [0.25, 0.3) is 0 Å². The molecule has 4 rings (SSSR count). The molecule has 2 aliphatic rings. The Morgan fingerprint density at radius 2 is 1.78 bits per heavy atom. The summed E-state index contributed by atoms with van der Waals surface area (Å²) < 4.78 is 11.4. The summed E-state index contributed by atoms with van der Waals surface area (Å²) in [5.41, 5.74) is 1.13. The largest absolute Gasteiger partial charge is 0.461 e. The molecule has 0 bridgehead atoms. The van der Waals surface area contributed by atoms with Crippen LogP contribution in [0, 0.1) is 0 Å². The lowest BCUT2D eigenvalue weighted by Crippen LogP contribution is -2.60. The van der Waals surface area contributed by atoms with Crippen LogP contribution < -0.4 is 10.1 Å². The fourth-order valence-corrected chi connectivity index (χ4v) is 3.73. The minimum Gasteiger partial charge on any atom is -0.461 e. The number of hydrogen-bond donors (Lipinski definition) is 5. The van der Waals surface area contributed by atoms with E-state index in [0.29, 0.717) is 11.8 Å². The first-order valence-corrected chi connectivity index (χ1v) is 9.29. The summed E-state index contributed by atoms with van der Waals surface area (Å²) >= 11 is 0. The van der Waals surface area contributed by atoms with Gasteiger partial charge in [-0.25, -0.2) is 0 Å². The lowest BCUT2D eigenvalue weighted by molar-refractivity contribution is -0.277. The highest BCUT2D eigenvalue weighted by atomic mass is 16.7. The molecule has 0 spiro atoms. The average Bonchev–Trinajstić information content (AvgIpc) is 2.65. The Labute approximate surface area is 157 Å². The molecular formula is C20H25NO6. The molecule has 2 fully saturated rings. The Kier molecular flexibility index (Phi) is 5.32. The van der Waals surface area contributed by atoms with Crippen molar-refractivity contribution in [2.75, 3.05) is 13.2 Å². The summed E-state index contributed by atoms with van der Waals surface area (Å²) in [5, 5.41) is 44.9. The topological polar surface area (TPSA) is 111 Å². The number of ether oxygens (including phenoxy) is 2. The van der Waals surface area contributed by atoms with Crippen molar-refractivity contribution in [3.8, 4) is 5.75 Å². The standard InChI is InChI=1S/C20H25NO6/c22-10-15-17(23)18(24)19(25)20(27-15)26-14-6-2-4-11-3-1-5-12(16(11)14)9-13-7-8-21-13/h1-6,13,15,17-25H,7-10H2/t13-,15+,17+,18+,19+,20+/m0/s1. The average molecular weight is 375 g/mol. The number of aliphatic hydroxyl groups excluding tert-OH is 4. The van der Waals surface area contributed by atoms with Crippen LogP contribution in [-0.4, -0.2) is 70.3 Å². The third-order valence-electron chi connectivity index (χ3n) is 5.44. The predicted molar refractivity (Wildman–Crippen MR) is 98.5 cm³/mol.